The number of nitrogen functional groups attached to an aromatic ring is 1. The molecule has 0 unspecified atom stereocenters. The fourth-order valence-corrected chi connectivity index (χ4v) is 2.20. The lowest BCUT2D eigenvalue weighted by atomic mass is 10.1. The Morgan fingerprint density at radius 1 is 1.35 bits per heavy atom. The number of aromatic amines is 1. The minimum atomic E-state index is -0.268. The first-order valence-corrected chi connectivity index (χ1v) is 6.95. The molecule has 0 aliphatic heterocycles. The third-order valence-corrected chi connectivity index (χ3v) is 3.29. The topological polar surface area (TPSA) is 116 Å². The molecule has 0 saturated carbocycles. The van der Waals surface area contributed by atoms with E-state index in [1.165, 1.54) is 6.21 Å². The molecule has 7 nitrogen and oxygen atoms in total. The van der Waals surface area contributed by atoms with E-state index in [1.807, 2.05) is 18.2 Å². The number of hydrogen-bond acceptors (Lipinski definition) is 5. The molecule has 1 aromatic heterocycles. The molecule has 3 aromatic rings. The van der Waals surface area contributed by atoms with Crippen LogP contribution in [0.15, 0.2) is 47.6 Å². The lowest BCUT2D eigenvalue weighted by molar-refractivity contribution is -0.120. The summed E-state index contributed by atoms with van der Waals surface area (Å²) in [5.41, 5.74) is 10.5. The van der Waals surface area contributed by atoms with Crippen molar-refractivity contribution in [1.29, 1.82) is 0 Å². The summed E-state index contributed by atoms with van der Waals surface area (Å²) in [5.74, 6) is 0.281. The van der Waals surface area contributed by atoms with Crippen LogP contribution >= 0.6 is 0 Å². The maximum atomic E-state index is 11.8. The zero-order chi connectivity index (χ0) is 16.2. The van der Waals surface area contributed by atoms with Gasteiger partial charge in [0.1, 0.15) is 5.75 Å². The number of nitrogens with zero attached hydrogens (tertiary/aromatic N) is 2. The molecule has 0 fully saturated rings. The highest BCUT2D eigenvalue weighted by molar-refractivity contribution is 5.94. The number of carbonyl (C=O) groups is 1. The molecule has 0 bridgehead atoms. The standard InChI is InChI=1S/C16H15N5O2/c17-16-13-7-11(4-5-14(13)19-21-16)9-18-20-15(23)8-10-2-1-3-12(22)6-10/h1-7,9,22H,8H2,(H,20,23)(H3,17,19,21). The number of fused-ring (bicyclic) bond motifs is 1. The molecule has 0 spiro atoms. The zero-order valence-corrected chi connectivity index (χ0v) is 12.2. The highest BCUT2D eigenvalue weighted by Crippen LogP contribution is 2.18. The van der Waals surface area contributed by atoms with Crippen molar-refractivity contribution in [2.45, 2.75) is 6.42 Å². The molecule has 7 heteroatoms. The number of aromatic hydroxyl groups is 1. The highest BCUT2D eigenvalue weighted by atomic mass is 16.3. The van der Waals surface area contributed by atoms with Crippen LogP contribution in [0, 0.1) is 0 Å². The lowest BCUT2D eigenvalue weighted by Crippen LogP contribution is -2.19. The first-order valence-electron chi connectivity index (χ1n) is 6.95. The maximum absolute atomic E-state index is 11.8. The van der Waals surface area contributed by atoms with Gasteiger partial charge >= 0.3 is 0 Å². The van der Waals surface area contributed by atoms with Crippen LogP contribution in [0.3, 0.4) is 0 Å². The molecule has 116 valence electrons. The minimum Gasteiger partial charge on any atom is -0.508 e. The van der Waals surface area contributed by atoms with E-state index >= 15 is 0 Å². The maximum Gasteiger partial charge on any atom is 0.244 e. The van der Waals surface area contributed by atoms with Crippen molar-refractivity contribution in [3.8, 4) is 5.75 Å². The molecule has 0 aliphatic carbocycles. The first kappa shape index (κ1) is 14.6. The van der Waals surface area contributed by atoms with Gasteiger partial charge in [-0.05, 0) is 35.4 Å². The SMILES string of the molecule is Nc1n[nH]c2ccc(C=NNC(=O)Cc3cccc(O)c3)cc12. The number of benzene rings is 2. The summed E-state index contributed by atoms with van der Waals surface area (Å²) in [4.78, 5) is 11.8. The van der Waals surface area contributed by atoms with E-state index in [2.05, 4.69) is 20.7 Å². The summed E-state index contributed by atoms with van der Waals surface area (Å²) in [6, 6.07) is 12.1. The lowest BCUT2D eigenvalue weighted by Gasteiger charge is -2.01. The van der Waals surface area contributed by atoms with Crippen LogP contribution < -0.4 is 11.2 Å². The molecule has 2 aromatic carbocycles. The summed E-state index contributed by atoms with van der Waals surface area (Å²) in [5, 5.41) is 20.8. The molecule has 3 rings (SSSR count). The number of aromatic nitrogens is 2. The number of carbonyl (C=O) groups excluding carboxylic acids is 1. The fraction of sp³-hybridized carbons (Fsp3) is 0.0625. The van der Waals surface area contributed by atoms with Gasteiger partial charge in [0.05, 0.1) is 18.2 Å². The second-order valence-corrected chi connectivity index (χ2v) is 5.05. The number of nitrogens with one attached hydrogen (secondary N) is 2. The highest BCUT2D eigenvalue weighted by Gasteiger charge is 2.04. The van der Waals surface area contributed by atoms with Gasteiger partial charge in [-0.25, -0.2) is 5.43 Å². The zero-order valence-electron chi connectivity index (χ0n) is 12.2. The summed E-state index contributed by atoms with van der Waals surface area (Å²) in [7, 11) is 0. The molecule has 0 atom stereocenters. The largest absolute Gasteiger partial charge is 0.508 e. The van der Waals surface area contributed by atoms with Crippen LogP contribution in [0.5, 0.6) is 5.75 Å². The molecule has 0 saturated heterocycles. The van der Waals surface area contributed by atoms with Gasteiger partial charge in [0.15, 0.2) is 5.82 Å². The second-order valence-electron chi connectivity index (χ2n) is 5.05. The predicted octanol–water partition coefficient (Wildman–Crippen LogP) is 1.54. The van der Waals surface area contributed by atoms with Crippen molar-refractivity contribution >= 4 is 28.8 Å². The Hall–Kier alpha value is -3.35. The Kier molecular flexibility index (Phi) is 3.92. The van der Waals surface area contributed by atoms with Gasteiger partial charge in [-0.15, -0.1) is 0 Å². The van der Waals surface area contributed by atoms with E-state index < -0.39 is 0 Å². The molecule has 0 aliphatic rings. The van der Waals surface area contributed by atoms with E-state index in [0.717, 1.165) is 16.5 Å². The number of hydrazone groups is 1. The van der Waals surface area contributed by atoms with Crippen LogP contribution in [0.25, 0.3) is 10.9 Å². The Morgan fingerprint density at radius 2 is 2.22 bits per heavy atom. The quantitative estimate of drug-likeness (QED) is 0.432. The van der Waals surface area contributed by atoms with Gasteiger partial charge in [-0.3, -0.25) is 9.89 Å². The van der Waals surface area contributed by atoms with Gasteiger partial charge < -0.3 is 10.8 Å². The van der Waals surface area contributed by atoms with Crippen molar-refractivity contribution in [3.05, 3.63) is 53.6 Å². The minimum absolute atomic E-state index is 0.129. The van der Waals surface area contributed by atoms with Gasteiger partial charge in [0.25, 0.3) is 0 Å². The molecule has 0 radical (unpaired) electrons. The number of amides is 1. The van der Waals surface area contributed by atoms with E-state index in [1.54, 1.807) is 24.3 Å². The van der Waals surface area contributed by atoms with Gasteiger partial charge in [-0.2, -0.15) is 10.2 Å². The van der Waals surface area contributed by atoms with Crippen molar-refractivity contribution < 1.29 is 9.90 Å². The monoisotopic (exact) mass is 309 g/mol. The number of hydrogen-bond donors (Lipinski definition) is 4. The predicted molar refractivity (Wildman–Crippen MR) is 88.1 cm³/mol. The Labute approximate surface area is 131 Å². The van der Waals surface area contributed by atoms with Crippen LogP contribution in [0.4, 0.5) is 5.82 Å². The molecule has 1 amide bonds. The first-order chi connectivity index (χ1) is 11.1. The van der Waals surface area contributed by atoms with Crippen LogP contribution in [0.2, 0.25) is 0 Å². The van der Waals surface area contributed by atoms with Gasteiger partial charge in [-0.1, -0.05) is 18.2 Å². The average Bonchev–Trinajstić information content (AvgIpc) is 2.88. The number of phenolic OH excluding ortho intramolecular Hbond substituents is 1. The van der Waals surface area contributed by atoms with Crippen molar-refractivity contribution in [1.82, 2.24) is 15.6 Å². The van der Waals surface area contributed by atoms with Crippen molar-refractivity contribution in [2.24, 2.45) is 5.10 Å². The number of nitrogens with two attached hydrogens (primary N) is 1. The number of phenols is 1. The van der Waals surface area contributed by atoms with Gasteiger partial charge in [0, 0.05) is 5.39 Å². The summed E-state index contributed by atoms with van der Waals surface area (Å²) >= 11 is 0. The second kappa shape index (κ2) is 6.18. The summed E-state index contributed by atoms with van der Waals surface area (Å²) in [6.45, 7) is 0. The molecule has 5 N–H and O–H groups in total. The molecular formula is C16H15N5O2. The van der Waals surface area contributed by atoms with E-state index in [9.17, 15) is 9.90 Å². The van der Waals surface area contributed by atoms with Crippen molar-refractivity contribution in [3.63, 3.8) is 0 Å². The Morgan fingerprint density at radius 3 is 3.04 bits per heavy atom. The number of H-pyrrole nitrogens is 1. The van der Waals surface area contributed by atoms with E-state index in [4.69, 9.17) is 5.73 Å². The summed E-state index contributed by atoms with van der Waals surface area (Å²) in [6.07, 6.45) is 1.67. The van der Waals surface area contributed by atoms with E-state index in [-0.39, 0.29) is 18.1 Å². The average molecular weight is 309 g/mol. The van der Waals surface area contributed by atoms with Gasteiger partial charge in [0.2, 0.25) is 5.91 Å². The smallest absolute Gasteiger partial charge is 0.244 e. The van der Waals surface area contributed by atoms with Crippen LogP contribution in [-0.2, 0) is 11.2 Å². The third kappa shape index (κ3) is 3.46. The van der Waals surface area contributed by atoms with Crippen LogP contribution in [0.1, 0.15) is 11.1 Å². The van der Waals surface area contributed by atoms with E-state index in [0.29, 0.717) is 11.4 Å². The molecule has 1 heterocycles. The fourth-order valence-electron chi connectivity index (χ4n) is 2.20. The Bertz CT molecular complexity index is 885. The third-order valence-electron chi connectivity index (χ3n) is 3.29. The molecule has 23 heavy (non-hydrogen) atoms. The van der Waals surface area contributed by atoms with Crippen LogP contribution in [-0.4, -0.2) is 27.4 Å². The summed E-state index contributed by atoms with van der Waals surface area (Å²) < 4.78 is 0. The number of rotatable bonds is 4. The number of anilines is 1. The normalized spacial score (nSPS) is 11.1. The van der Waals surface area contributed by atoms with Crippen molar-refractivity contribution in [2.75, 3.05) is 5.73 Å². The molecular weight excluding hydrogens is 294 g/mol. The Balaban J connectivity index is 1.63.